The quantitative estimate of drug-likeness (QED) is 0.464. The number of phenols is 1. The van der Waals surface area contributed by atoms with E-state index >= 15 is 0 Å². The van der Waals surface area contributed by atoms with Crippen LogP contribution in [0.15, 0.2) is 12.1 Å². The maximum Gasteiger partial charge on any atom is 0.163 e. The summed E-state index contributed by atoms with van der Waals surface area (Å²) >= 11 is 0. The molecule has 0 saturated carbocycles. The minimum absolute atomic E-state index is 0.213. The molecule has 0 aliphatic heterocycles. The molecule has 21 heavy (non-hydrogen) atoms. The highest BCUT2D eigenvalue weighted by atomic mass is 16.3. The second-order valence-electron chi connectivity index (χ2n) is 6.32. The van der Waals surface area contributed by atoms with Crippen LogP contribution in [0.2, 0.25) is 0 Å². The van der Waals surface area contributed by atoms with E-state index in [9.17, 15) is 9.90 Å². The number of hydrogen-bond donors (Lipinski definition) is 1. The summed E-state index contributed by atoms with van der Waals surface area (Å²) in [7, 11) is 0. The molecular formula is C19H30O2. The second kappa shape index (κ2) is 8.86. The first-order chi connectivity index (χ1) is 9.97. The third-order valence-electron chi connectivity index (χ3n) is 4.05. The number of carbonyl (C=O) groups excluding carboxylic acids is 1. The molecule has 0 amide bonds. The van der Waals surface area contributed by atoms with Crippen molar-refractivity contribution in [2.75, 3.05) is 0 Å². The lowest BCUT2D eigenvalue weighted by atomic mass is 9.93. The van der Waals surface area contributed by atoms with Crippen LogP contribution in [0.5, 0.6) is 5.75 Å². The summed E-state index contributed by atoms with van der Waals surface area (Å²) in [5, 5.41) is 9.95. The van der Waals surface area contributed by atoms with E-state index in [0.717, 1.165) is 29.5 Å². The minimum atomic E-state index is 0.213. The Bertz CT molecular complexity index is 461. The zero-order valence-corrected chi connectivity index (χ0v) is 14.0. The Labute approximate surface area is 129 Å². The van der Waals surface area contributed by atoms with Gasteiger partial charge in [0.15, 0.2) is 5.78 Å². The molecule has 0 heterocycles. The van der Waals surface area contributed by atoms with Gasteiger partial charge in [0, 0.05) is 12.0 Å². The maximum absolute atomic E-state index is 12.4. The van der Waals surface area contributed by atoms with Crippen molar-refractivity contribution in [1.82, 2.24) is 0 Å². The van der Waals surface area contributed by atoms with Crippen molar-refractivity contribution in [3.05, 3.63) is 28.8 Å². The van der Waals surface area contributed by atoms with Gasteiger partial charge in [0.1, 0.15) is 5.75 Å². The summed E-state index contributed by atoms with van der Waals surface area (Å²) in [4.78, 5) is 12.4. The number of aryl methyl sites for hydroxylation is 1. The van der Waals surface area contributed by atoms with Crippen LogP contribution in [0.3, 0.4) is 0 Å². The first kappa shape index (κ1) is 17.7. The van der Waals surface area contributed by atoms with Crippen LogP contribution in [0.1, 0.15) is 93.1 Å². The lowest BCUT2D eigenvalue weighted by Gasteiger charge is -2.13. The second-order valence-corrected chi connectivity index (χ2v) is 6.32. The number of aromatic hydroxyl groups is 1. The SMILES string of the molecule is CCCCCCCCC(=O)c1cc(C(C)C)c(O)cc1C. The minimum Gasteiger partial charge on any atom is -0.508 e. The standard InChI is InChI=1S/C19H30O2/c1-5-6-7-8-9-10-11-18(20)17-13-16(14(2)3)19(21)12-15(17)4/h12-14,21H,5-11H2,1-4H3. The molecule has 0 saturated heterocycles. The van der Waals surface area contributed by atoms with Crippen LogP contribution in [-0.4, -0.2) is 10.9 Å². The Morgan fingerprint density at radius 3 is 2.33 bits per heavy atom. The van der Waals surface area contributed by atoms with Crippen molar-refractivity contribution in [2.45, 2.75) is 78.6 Å². The Balaban J connectivity index is 2.59. The largest absolute Gasteiger partial charge is 0.508 e. The number of benzene rings is 1. The summed E-state index contributed by atoms with van der Waals surface area (Å²) in [6, 6.07) is 3.61. The molecule has 2 heteroatoms. The van der Waals surface area contributed by atoms with Gasteiger partial charge < -0.3 is 5.11 Å². The molecule has 0 unspecified atom stereocenters. The summed E-state index contributed by atoms with van der Waals surface area (Å²) in [6.07, 6.45) is 7.79. The van der Waals surface area contributed by atoms with Crippen LogP contribution in [0, 0.1) is 6.92 Å². The van der Waals surface area contributed by atoms with Gasteiger partial charge in [-0.25, -0.2) is 0 Å². The van der Waals surface area contributed by atoms with Gasteiger partial charge in [0.2, 0.25) is 0 Å². The van der Waals surface area contributed by atoms with Crippen molar-refractivity contribution in [1.29, 1.82) is 0 Å². The van der Waals surface area contributed by atoms with E-state index in [4.69, 9.17) is 0 Å². The van der Waals surface area contributed by atoms with Gasteiger partial charge in [-0.2, -0.15) is 0 Å². The highest BCUT2D eigenvalue weighted by Crippen LogP contribution is 2.29. The topological polar surface area (TPSA) is 37.3 Å². The Hall–Kier alpha value is -1.31. The predicted molar refractivity (Wildman–Crippen MR) is 89.3 cm³/mol. The lowest BCUT2D eigenvalue weighted by Crippen LogP contribution is -2.04. The van der Waals surface area contributed by atoms with Gasteiger partial charge in [-0.05, 0) is 42.5 Å². The molecule has 2 nitrogen and oxygen atoms in total. The Kier molecular flexibility index (Phi) is 7.49. The molecule has 1 aromatic rings. The first-order valence-electron chi connectivity index (χ1n) is 8.34. The summed E-state index contributed by atoms with van der Waals surface area (Å²) < 4.78 is 0. The smallest absolute Gasteiger partial charge is 0.163 e. The van der Waals surface area contributed by atoms with Gasteiger partial charge in [-0.15, -0.1) is 0 Å². The summed E-state index contributed by atoms with van der Waals surface area (Å²) in [6.45, 7) is 8.18. The molecule has 0 atom stereocenters. The molecule has 0 bridgehead atoms. The number of carbonyl (C=O) groups is 1. The van der Waals surface area contributed by atoms with Gasteiger partial charge >= 0.3 is 0 Å². The fraction of sp³-hybridized carbons (Fsp3) is 0.632. The number of Topliss-reactive ketones (excluding diaryl/α,β-unsaturated/α-hetero) is 1. The van der Waals surface area contributed by atoms with E-state index < -0.39 is 0 Å². The van der Waals surface area contributed by atoms with Gasteiger partial charge in [-0.3, -0.25) is 4.79 Å². The van der Waals surface area contributed by atoms with Crippen molar-refractivity contribution in [3.63, 3.8) is 0 Å². The zero-order chi connectivity index (χ0) is 15.8. The van der Waals surface area contributed by atoms with Crippen molar-refractivity contribution in [3.8, 4) is 5.75 Å². The molecule has 0 spiro atoms. The third-order valence-corrected chi connectivity index (χ3v) is 4.05. The highest BCUT2D eigenvalue weighted by molar-refractivity contribution is 5.97. The van der Waals surface area contributed by atoms with Crippen molar-refractivity contribution >= 4 is 5.78 Å². The Morgan fingerprint density at radius 1 is 1.10 bits per heavy atom. The normalized spacial score (nSPS) is 11.1. The molecule has 0 aliphatic rings. The van der Waals surface area contributed by atoms with E-state index in [1.54, 1.807) is 6.07 Å². The van der Waals surface area contributed by atoms with E-state index in [-0.39, 0.29) is 11.7 Å². The number of hydrogen-bond acceptors (Lipinski definition) is 2. The fourth-order valence-corrected chi connectivity index (χ4v) is 2.67. The van der Waals surface area contributed by atoms with Gasteiger partial charge in [0.05, 0.1) is 0 Å². The first-order valence-corrected chi connectivity index (χ1v) is 8.34. The van der Waals surface area contributed by atoms with Crippen LogP contribution in [0.4, 0.5) is 0 Å². The zero-order valence-electron chi connectivity index (χ0n) is 14.0. The lowest BCUT2D eigenvalue weighted by molar-refractivity contribution is 0.0978. The van der Waals surface area contributed by atoms with Crippen LogP contribution in [0.25, 0.3) is 0 Å². The average Bonchev–Trinajstić information content (AvgIpc) is 2.42. The molecule has 118 valence electrons. The number of rotatable bonds is 9. The third kappa shape index (κ3) is 5.53. The molecular weight excluding hydrogens is 260 g/mol. The number of unbranched alkanes of at least 4 members (excludes halogenated alkanes) is 5. The van der Waals surface area contributed by atoms with E-state index in [1.165, 1.54) is 25.7 Å². The molecule has 0 aromatic heterocycles. The highest BCUT2D eigenvalue weighted by Gasteiger charge is 2.14. The molecule has 1 rings (SSSR count). The Morgan fingerprint density at radius 2 is 1.71 bits per heavy atom. The summed E-state index contributed by atoms with van der Waals surface area (Å²) in [5.41, 5.74) is 2.53. The molecule has 1 N–H and O–H groups in total. The van der Waals surface area contributed by atoms with Gasteiger partial charge in [0.25, 0.3) is 0 Å². The fourth-order valence-electron chi connectivity index (χ4n) is 2.67. The van der Waals surface area contributed by atoms with Crippen LogP contribution in [-0.2, 0) is 0 Å². The van der Waals surface area contributed by atoms with Crippen LogP contribution < -0.4 is 0 Å². The van der Waals surface area contributed by atoms with Gasteiger partial charge in [-0.1, -0.05) is 52.9 Å². The maximum atomic E-state index is 12.4. The summed E-state index contributed by atoms with van der Waals surface area (Å²) in [5.74, 6) is 0.745. The molecule has 0 aliphatic carbocycles. The molecule has 0 radical (unpaired) electrons. The molecule has 0 fully saturated rings. The molecule has 1 aromatic carbocycles. The average molecular weight is 290 g/mol. The monoisotopic (exact) mass is 290 g/mol. The number of ketones is 1. The number of phenolic OH excluding ortho intramolecular Hbond substituents is 1. The van der Waals surface area contributed by atoms with Crippen molar-refractivity contribution in [2.24, 2.45) is 0 Å². The van der Waals surface area contributed by atoms with Crippen molar-refractivity contribution < 1.29 is 9.90 Å². The van der Waals surface area contributed by atoms with E-state index in [1.807, 2.05) is 26.8 Å². The predicted octanol–water partition coefficient (Wildman–Crippen LogP) is 5.76. The van der Waals surface area contributed by atoms with E-state index in [0.29, 0.717) is 12.2 Å². The van der Waals surface area contributed by atoms with E-state index in [2.05, 4.69) is 6.92 Å². The van der Waals surface area contributed by atoms with Crippen LogP contribution >= 0.6 is 0 Å².